The maximum Gasteiger partial charge on any atom is 0.471 e. The minimum atomic E-state index is -4.95. The smallest absolute Gasteiger partial charge is 0.454 e. The number of alkyl halides is 3. The molecule has 1 aromatic carbocycles. The lowest BCUT2D eigenvalue weighted by molar-refractivity contribution is -0.174. The molecule has 0 saturated heterocycles. The third-order valence-corrected chi connectivity index (χ3v) is 3.32. The van der Waals surface area contributed by atoms with Crippen molar-refractivity contribution in [1.29, 1.82) is 0 Å². The molecule has 1 heterocycles. The molecule has 3 rings (SSSR count). The Hall–Kier alpha value is -1.89. The van der Waals surface area contributed by atoms with E-state index in [9.17, 15) is 18.0 Å². The first-order chi connectivity index (χ1) is 9.36. The van der Waals surface area contributed by atoms with Gasteiger partial charge in [0.15, 0.2) is 11.5 Å². The zero-order chi connectivity index (χ0) is 14.5. The van der Waals surface area contributed by atoms with Crippen molar-refractivity contribution in [2.45, 2.75) is 12.2 Å². The molecule has 1 atom stereocenters. The van der Waals surface area contributed by atoms with Crippen molar-refractivity contribution >= 4 is 22.5 Å². The predicted molar refractivity (Wildman–Crippen MR) is 63.3 cm³/mol. The van der Waals surface area contributed by atoms with Crippen LogP contribution in [0.5, 0.6) is 11.5 Å². The Labute approximate surface area is 116 Å². The molecule has 0 radical (unpaired) electrons. The molecule has 20 heavy (non-hydrogen) atoms. The number of fused-ring (bicyclic) bond motifs is 2. The van der Waals surface area contributed by atoms with Crippen LogP contribution in [0.2, 0.25) is 0 Å². The van der Waals surface area contributed by atoms with Gasteiger partial charge in [-0.1, -0.05) is 11.6 Å². The normalized spacial score (nSPS) is 19.6. The number of halogens is 4. The lowest BCUT2D eigenvalue weighted by Crippen LogP contribution is -2.38. The lowest BCUT2D eigenvalue weighted by atomic mass is 10.1. The number of rotatable bonds is 1. The summed E-state index contributed by atoms with van der Waals surface area (Å²) in [6.45, 7) is 0.0408. The van der Waals surface area contributed by atoms with Gasteiger partial charge in [-0.15, -0.1) is 0 Å². The van der Waals surface area contributed by atoms with Gasteiger partial charge in [0.2, 0.25) is 6.79 Å². The van der Waals surface area contributed by atoms with E-state index >= 15 is 0 Å². The van der Waals surface area contributed by atoms with Crippen molar-refractivity contribution in [3.8, 4) is 11.5 Å². The molecule has 1 aliphatic carbocycles. The molecule has 2 aliphatic rings. The summed E-state index contributed by atoms with van der Waals surface area (Å²) in [4.78, 5) is 11.0. The summed E-state index contributed by atoms with van der Waals surface area (Å²) in [6, 6.07) is 2.15. The van der Waals surface area contributed by atoms with Crippen LogP contribution in [0.3, 0.4) is 0 Å². The Bertz CT molecular complexity index is 627. The summed E-state index contributed by atoms with van der Waals surface area (Å²) in [5.41, 5.74) is 0.959. The van der Waals surface area contributed by atoms with Crippen LogP contribution in [-0.4, -0.2) is 18.9 Å². The van der Waals surface area contributed by atoms with Gasteiger partial charge in [0.1, 0.15) is 0 Å². The highest BCUT2D eigenvalue weighted by Crippen LogP contribution is 2.44. The molecule has 8 heteroatoms. The van der Waals surface area contributed by atoms with E-state index in [0.29, 0.717) is 22.6 Å². The van der Waals surface area contributed by atoms with Gasteiger partial charge in [-0.3, -0.25) is 4.79 Å². The standard InChI is InChI=1S/C12H7ClF3NO3/c13-7-3-8(17-11(18)12(14,15)16)6-2-10-9(1-5(6)7)19-4-20-10/h1-3,8H,4H2,(H,17,18). The van der Waals surface area contributed by atoms with Crippen LogP contribution < -0.4 is 14.8 Å². The van der Waals surface area contributed by atoms with Gasteiger partial charge >= 0.3 is 12.1 Å². The average Bonchev–Trinajstić information content (AvgIpc) is 2.92. The highest BCUT2D eigenvalue weighted by atomic mass is 35.5. The lowest BCUT2D eigenvalue weighted by Gasteiger charge is -2.15. The van der Waals surface area contributed by atoms with Gasteiger partial charge in [0, 0.05) is 10.6 Å². The predicted octanol–water partition coefficient (Wildman–Crippen LogP) is 2.73. The van der Waals surface area contributed by atoms with Crippen molar-refractivity contribution in [2.75, 3.05) is 6.79 Å². The Morgan fingerprint density at radius 3 is 2.60 bits per heavy atom. The van der Waals surface area contributed by atoms with E-state index in [4.69, 9.17) is 21.1 Å². The van der Waals surface area contributed by atoms with Gasteiger partial charge in [-0.25, -0.2) is 0 Å². The summed E-state index contributed by atoms with van der Waals surface area (Å²) in [5.74, 6) is -1.14. The zero-order valence-corrected chi connectivity index (χ0v) is 10.5. The molecular weight excluding hydrogens is 299 g/mol. The first-order valence-corrected chi connectivity index (χ1v) is 5.93. The van der Waals surface area contributed by atoms with E-state index in [1.54, 1.807) is 6.07 Å². The molecule has 0 bridgehead atoms. The molecule has 1 aromatic rings. The van der Waals surface area contributed by atoms with Crippen molar-refractivity contribution in [3.63, 3.8) is 0 Å². The number of carbonyl (C=O) groups is 1. The second-order valence-corrected chi connectivity index (χ2v) is 4.66. The number of carbonyl (C=O) groups excluding carboxylic acids is 1. The quantitative estimate of drug-likeness (QED) is 0.868. The Balaban J connectivity index is 1.93. The monoisotopic (exact) mass is 305 g/mol. The fraction of sp³-hybridized carbons (Fsp3) is 0.250. The Kier molecular flexibility index (Phi) is 2.82. The molecule has 1 N–H and O–H groups in total. The number of nitrogens with one attached hydrogen (secondary N) is 1. The van der Waals surface area contributed by atoms with Crippen molar-refractivity contribution in [1.82, 2.24) is 5.32 Å². The molecular formula is C12H7ClF3NO3. The fourth-order valence-corrected chi connectivity index (χ4v) is 2.38. The molecule has 0 spiro atoms. The summed E-state index contributed by atoms with van der Waals surface area (Å²) in [7, 11) is 0. The highest BCUT2D eigenvalue weighted by Gasteiger charge is 2.41. The molecule has 1 aliphatic heterocycles. The van der Waals surface area contributed by atoms with Gasteiger partial charge in [0.25, 0.3) is 0 Å². The van der Waals surface area contributed by atoms with Gasteiger partial charge in [-0.2, -0.15) is 13.2 Å². The number of ether oxygens (including phenoxy) is 2. The molecule has 0 aromatic heterocycles. The van der Waals surface area contributed by atoms with E-state index in [1.165, 1.54) is 12.1 Å². The summed E-state index contributed by atoms with van der Waals surface area (Å²) >= 11 is 5.97. The minimum absolute atomic E-state index is 0.0408. The first kappa shape index (κ1) is 13.1. The number of hydrogen-bond acceptors (Lipinski definition) is 3. The SMILES string of the molecule is O=C(NC1C=C(Cl)c2cc3c(cc21)OCO3)C(F)(F)F. The maximum atomic E-state index is 12.3. The summed E-state index contributed by atoms with van der Waals surface area (Å²) in [5, 5.41) is 2.13. The van der Waals surface area contributed by atoms with Gasteiger partial charge in [0.05, 0.1) is 6.04 Å². The molecule has 0 saturated carbocycles. The maximum absolute atomic E-state index is 12.3. The van der Waals surface area contributed by atoms with E-state index in [0.717, 1.165) is 0 Å². The second-order valence-electron chi connectivity index (χ2n) is 4.26. The van der Waals surface area contributed by atoms with Crippen LogP contribution >= 0.6 is 11.6 Å². The average molecular weight is 306 g/mol. The van der Waals surface area contributed by atoms with Crippen molar-refractivity contribution in [3.05, 3.63) is 29.3 Å². The molecule has 1 amide bonds. The Morgan fingerprint density at radius 1 is 1.30 bits per heavy atom. The minimum Gasteiger partial charge on any atom is -0.454 e. The van der Waals surface area contributed by atoms with Gasteiger partial charge in [-0.05, 0) is 23.8 Å². The van der Waals surface area contributed by atoms with E-state index < -0.39 is 18.1 Å². The largest absolute Gasteiger partial charge is 0.471 e. The molecule has 1 unspecified atom stereocenters. The van der Waals surface area contributed by atoms with E-state index in [2.05, 4.69) is 0 Å². The molecule has 0 fully saturated rings. The summed E-state index contributed by atoms with van der Waals surface area (Å²) in [6.07, 6.45) is -3.61. The van der Waals surface area contributed by atoms with Crippen LogP contribution in [0.1, 0.15) is 17.2 Å². The first-order valence-electron chi connectivity index (χ1n) is 5.55. The van der Waals surface area contributed by atoms with Crippen LogP contribution in [0, 0.1) is 0 Å². The number of amides is 1. The highest BCUT2D eigenvalue weighted by molar-refractivity contribution is 6.49. The van der Waals surface area contributed by atoms with E-state index in [-0.39, 0.29) is 11.8 Å². The van der Waals surface area contributed by atoms with Crippen LogP contribution in [0.15, 0.2) is 18.2 Å². The number of hydrogen-bond donors (Lipinski definition) is 1. The Morgan fingerprint density at radius 2 is 1.95 bits per heavy atom. The van der Waals surface area contributed by atoms with Gasteiger partial charge < -0.3 is 14.8 Å². The third-order valence-electron chi connectivity index (χ3n) is 2.99. The number of benzene rings is 1. The molecule has 106 valence electrons. The second kappa shape index (κ2) is 4.31. The zero-order valence-electron chi connectivity index (χ0n) is 9.75. The van der Waals surface area contributed by atoms with Crippen LogP contribution in [-0.2, 0) is 4.79 Å². The topological polar surface area (TPSA) is 47.6 Å². The van der Waals surface area contributed by atoms with Crippen molar-refractivity contribution in [2.24, 2.45) is 0 Å². The van der Waals surface area contributed by atoms with Crippen LogP contribution in [0.25, 0.3) is 5.03 Å². The van der Waals surface area contributed by atoms with Crippen LogP contribution in [0.4, 0.5) is 13.2 Å². The third kappa shape index (κ3) is 2.07. The molecule has 4 nitrogen and oxygen atoms in total. The van der Waals surface area contributed by atoms with E-state index in [1.807, 2.05) is 5.32 Å². The summed E-state index contributed by atoms with van der Waals surface area (Å²) < 4.78 is 47.2. The van der Waals surface area contributed by atoms with Crippen molar-refractivity contribution < 1.29 is 27.4 Å². The fourth-order valence-electron chi connectivity index (χ4n) is 2.09.